The number of benzene rings is 2. The smallest absolute Gasteiger partial charge is 0.166 e. The van der Waals surface area contributed by atoms with Crippen molar-refractivity contribution in [1.29, 1.82) is 0 Å². The molecule has 0 amide bonds. The van der Waals surface area contributed by atoms with Crippen LogP contribution >= 0.6 is 23.2 Å². The molecular formula is C14H9Cl2F3. The predicted octanol–water partition coefficient (Wildman–Crippen LogP) is 5.99. The summed E-state index contributed by atoms with van der Waals surface area (Å²) in [6, 6.07) is 8.53. The second-order valence-corrected chi connectivity index (χ2v) is 5.05. The molecule has 0 atom stereocenters. The molecule has 0 aliphatic carbocycles. The van der Waals surface area contributed by atoms with E-state index in [4.69, 9.17) is 23.2 Å². The third-order valence-electron chi connectivity index (χ3n) is 2.64. The van der Waals surface area contributed by atoms with E-state index in [9.17, 15) is 13.2 Å². The first-order chi connectivity index (χ1) is 8.77. The Hall–Kier alpha value is -1.19. The average Bonchev–Trinajstić information content (AvgIpc) is 2.30. The van der Waals surface area contributed by atoms with Crippen LogP contribution in [0.1, 0.15) is 11.1 Å². The van der Waals surface area contributed by atoms with E-state index < -0.39 is 11.7 Å². The van der Waals surface area contributed by atoms with Crippen molar-refractivity contribution >= 4 is 23.2 Å². The van der Waals surface area contributed by atoms with Gasteiger partial charge < -0.3 is 0 Å². The summed E-state index contributed by atoms with van der Waals surface area (Å²) in [6.45, 7) is 1.61. The van der Waals surface area contributed by atoms with Crippen LogP contribution in [-0.4, -0.2) is 0 Å². The Balaban J connectivity index is 2.63. The summed E-state index contributed by atoms with van der Waals surface area (Å²) in [4.78, 5) is 0. The summed E-state index contributed by atoms with van der Waals surface area (Å²) in [7, 11) is 0. The largest absolute Gasteiger partial charge is 0.416 e. The molecule has 0 saturated heterocycles. The van der Waals surface area contributed by atoms with Gasteiger partial charge in [0.2, 0.25) is 0 Å². The molecule has 2 aromatic carbocycles. The number of alkyl halides is 3. The van der Waals surface area contributed by atoms with Gasteiger partial charge in [-0.05, 0) is 48.4 Å². The van der Waals surface area contributed by atoms with E-state index in [2.05, 4.69) is 0 Å². The molecule has 0 N–H and O–H groups in total. The van der Waals surface area contributed by atoms with Crippen LogP contribution in [0.2, 0.25) is 10.0 Å². The van der Waals surface area contributed by atoms with Crippen LogP contribution in [0.4, 0.5) is 13.2 Å². The van der Waals surface area contributed by atoms with Crippen LogP contribution in [-0.2, 0) is 6.18 Å². The van der Waals surface area contributed by atoms with Crippen molar-refractivity contribution in [3.05, 3.63) is 57.6 Å². The Labute approximate surface area is 118 Å². The van der Waals surface area contributed by atoms with E-state index in [1.54, 1.807) is 31.2 Å². The Morgan fingerprint density at radius 2 is 1.63 bits per heavy atom. The summed E-state index contributed by atoms with van der Waals surface area (Å²) in [5.41, 5.74) is 0.711. The first-order valence-corrected chi connectivity index (χ1v) is 6.17. The zero-order valence-electron chi connectivity index (χ0n) is 9.85. The van der Waals surface area contributed by atoms with Crippen molar-refractivity contribution in [1.82, 2.24) is 0 Å². The maximum Gasteiger partial charge on any atom is 0.416 e. The van der Waals surface area contributed by atoms with Crippen LogP contribution in [0.3, 0.4) is 0 Å². The van der Waals surface area contributed by atoms with Gasteiger partial charge in [0.1, 0.15) is 0 Å². The first kappa shape index (κ1) is 14.2. The van der Waals surface area contributed by atoms with Crippen molar-refractivity contribution in [2.24, 2.45) is 0 Å². The number of aryl methyl sites for hydroxylation is 1. The predicted molar refractivity (Wildman–Crippen MR) is 71.6 cm³/mol. The van der Waals surface area contributed by atoms with E-state index >= 15 is 0 Å². The van der Waals surface area contributed by atoms with Crippen molar-refractivity contribution < 1.29 is 13.2 Å². The summed E-state index contributed by atoms with van der Waals surface area (Å²) in [6.07, 6.45) is -4.38. The summed E-state index contributed by atoms with van der Waals surface area (Å²) in [5, 5.41) is 0.789. The molecule has 2 rings (SSSR count). The first-order valence-electron chi connectivity index (χ1n) is 5.41. The third kappa shape index (κ3) is 3.23. The minimum Gasteiger partial charge on any atom is -0.166 e. The second-order valence-electron chi connectivity index (χ2n) is 4.21. The van der Waals surface area contributed by atoms with Gasteiger partial charge in [-0.15, -0.1) is 0 Å². The van der Waals surface area contributed by atoms with Crippen LogP contribution in [0.5, 0.6) is 0 Å². The van der Waals surface area contributed by atoms with Gasteiger partial charge in [-0.3, -0.25) is 0 Å². The molecule has 0 heterocycles. The maximum atomic E-state index is 12.8. The lowest BCUT2D eigenvalue weighted by molar-refractivity contribution is -0.137. The molecule has 100 valence electrons. The van der Waals surface area contributed by atoms with Gasteiger partial charge in [-0.1, -0.05) is 29.3 Å². The normalized spacial score (nSPS) is 11.7. The van der Waals surface area contributed by atoms with Crippen molar-refractivity contribution in [3.63, 3.8) is 0 Å². The van der Waals surface area contributed by atoms with E-state index in [1.807, 2.05) is 0 Å². The Morgan fingerprint density at radius 3 is 2.26 bits per heavy atom. The molecule has 0 aliphatic rings. The molecule has 19 heavy (non-hydrogen) atoms. The molecule has 0 nitrogen and oxygen atoms in total. The number of rotatable bonds is 1. The van der Waals surface area contributed by atoms with E-state index in [0.717, 1.165) is 12.1 Å². The molecule has 0 radical (unpaired) electrons. The molecule has 5 heteroatoms. The minimum atomic E-state index is -4.38. The van der Waals surface area contributed by atoms with Gasteiger partial charge in [0, 0.05) is 15.6 Å². The van der Waals surface area contributed by atoms with Crippen LogP contribution < -0.4 is 0 Å². The fourth-order valence-electron chi connectivity index (χ4n) is 1.82. The number of hydrogen-bond acceptors (Lipinski definition) is 0. The third-order valence-corrected chi connectivity index (χ3v) is 3.21. The molecule has 0 fully saturated rings. The molecule has 0 bridgehead atoms. The Kier molecular flexibility index (Phi) is 3.79. The van der Waals surface area contributed by atoms with Gasteiger partial charge in [0.25, 0.3) is 0 Å². The highest BCUT2D eigenvalue weighted by Crippen LogP contribution is 2.36. The monoisotopic (exact) mass is 304 g/mol. The van der Waals surface area contributed by atoms with Crippen LogP contribution in [0, 0.1) is 6.92 Å². The lowest BCUT2D eigenvalue weighted by Crippen LogP contribution is -2.05. The van der Waals surface area contributed by atoms with Gasteiger partial charge in [0.05, 0.1) is 5.56 Å². The van der Waals surface area contributed by atoms with Crippen molar-refractivity contribution in [2.75, 3.05) is 0 Å². The topological polar surface area (TPSA) is 0 Å². The fraction of sp³-hybridized carbons (Fsp3) is 0.143. The Bertz CT molecular complexity index is 619. The Morgan fingerprint density at radius 1 is 0.947 bits per heavy atom. The molecule has 0 unspecified atom stereocenters. The highest BCUT2D eigenvalue weighted by atomic mass is 35.5. The zero-order chi connectivity index (χ0) is 14.2. The second kappa shape index (κ2) is 5.06. The summed E-state index contributed by atoms with van der Waals surface area (Å²) < 4.78 is 38.4. The highest BCUT2D eigenvalue weighted by molar-refractivity contribution is 6.35. The lowest BCUT2D eigenvalue weighted by Gasteiger charge is -2.12. The molecule has 2 aromatic rings. The standard InChI is InChI=1S/C14H9Cl2F3/c1-8-4-9(6-10(5-8)14(17,18)19)12-7-11(15)2-3-13(12)16/h2-7H,1H3. The fourth-order valence-corrected chi connectivity index (χ4v) is 2.22. The molecule has 0 aliphatic heterocycles. The average molecular weight is 305 g/mol. The number of halogens is 5. The molecule has 0 aromatic heterocycles. The van der Waals surface area contributed by atoms with Gasteiger partial charge >= 0.3 is 6.18 Å². The molecule has 0 saturated carbocycles. The SMILES string of the molecule is Cc1cc(-c2cc(Cl)ccc2Cl)cc(C(F)(F)F)c1. The summed E-state index contributed by atoms with van der Waals surface area (Å²) in [5.74, 6) is 0. The quantitative estimate of drug-likeness (QED) is 0.607. The van der Waals surface area contributed by atoms with Gasteiger partial charge in [-0.2, -0.15) is 13.2 Å². The lowest BCUT2D eigenvalue weighted by atomic mass is 10.00. The minimum absolute atomic E-state index is 0.364. The maximum absolute atomic E-state index is 12.8. The molecule has 0 spiro atoms. The van der Waals surface area contributed by atoms with Gasteiger partial charge in [-0.25, -0.2) is 0 Å². The molecular weight excluding hydrogens is 296 g/mol. The summed E-state index contributed by atoms with van der Waals surface area (Å²) >= 11 is 11.9. The van der Waals surface area contributed by atoms with Gasteiger partial charge in [0.15, 0.2) is 0 Å². The van der Waals surface area contributed by atoms with Crippen LogP contribution in [0.25, 0.3) is 11.1 Å². The van der Waals surface area contributed by atoms with E-state index in [0.29, 0.717) is 26.7 Å². The zero-order valence-corrected chi connectivity index (χ0v) is 11.4. The number of hydrogen-bond donors (Lipinski definition) is 0. The van der Waals surface area contributed by atoms with Crippen molar-refractivity contribution in [3.8, 4) is 11.1 Å². The van der Waals surface area contributed by atoms with Crippen LogP contribution in [0.15, 0.2) is 36.4 Å². The van der Waals surface area contributed by atoms with Crippen molar-refractivity contribution in [2.45, 2.75) is 13.1 Å². The highest BCUT2D eigenvalue weighted by Gasteiger charge is 2.31. The van der Waals surface area contributed by atoms with E-state index in [1.165, 1.54) is 0 Å². The van der Waals surface area contributed by atoms with E-state index in [-0.39, 0.29) is 0 Å².